The SMILES string of the molecule is O=C1COc2ccc(C(=O)N3CCC([C@@H](c4ccc(F)cc4)c4cccc(OCCOCCF)c4)CC3)cc2N1. The van der Waals surface area contributed by atoms with Crippen LogP contribution < -0.4 is 14.8 Å². The molecule has 1 N–H and O–H groups in total. The maximum absolute atomic E-state index is 13.8. The van der Waals surface area contributed by atoms with Gasteiger partial charge >= 0.3 is 0 Å². The topological polar surface area (TPSA) is 77.1 Å². The summed E-state index contributed by atoms with van der Waals surface area (Å²) in [6.45, 7) is 1.24. The van der Waals surface area contributed by atoms with Crippen LogP contribution in [0.25, 0.3) is 0 Å². The number of rotatable bonds is 10. The number of carbonyl (C=O) groups is 2. The number of halogens is 2. The number of alkyl halides is 1. The highest BCUT2D eigenvalue weighted by atomic mass is 19.1. The van der Waals surface area contributed by atoms with Crippen LogP contribution in [0.5, 0.6) is 11.5 Å². The molecule has 1 fully saturated rings. The van der Waals surface area contributed by atoms with Crippen LogP contribution in [-0.2, 0) is 9.53 Å². The average molecular weight is 551 g/mol. The maximum atomic E-state index is 13.8. The van der Waals surface area contributed by atoms with Crippen molar-refractivity contribution in [2.45, 2.75) is 18.8 Å². The summed E-state index contributed by atoms with van der Waals surface area (Å²) < 4.78 is 42.4. The van der Waals surface area contributed by atoms with Crippen molar-refractivity contribution in [2.24, 2.45) is 5.92 Å². The van der Waals surface area contributed by atoms with E-state index in [2.05, 4.69) is 5.32 Å². The van der Waals surface area contributed by atoms with Crippen molar-refractivity contribution >= 4 is 17.5 Å². The van der Waals surface area contributed by atoms with Crippen molar-refractivity contribution in [3.8, 4) is 11.5 Å². The standard InChI is InChI=1S/C31H32F2N2O5/c32-12-15-38-16-17-39-26-3-1-2-23(18-26)30(21-4-7-25(33)8-5-21)22-10-13-35(14-11-22)31(37)24-6-9-28-27(19-24)34-29(36)20-40-28/h1-9,18-19,22,30H,10-17,20H2,(H,34,36)/t30-/m1/s1. The summed E-state index contributed by atoms with van der Waals surface area (Å²) in [7, 11) is 0. The quantitative estimate of drug-likeness (QED) is 0.351. The summed E-state index contributed by atoms with van der Waals surface area (Å²) in [5.74, 6) is 0.809. The molecule has 1 saturated heterocycles. The van der Waals surface area contributed by atoms with Crippen molar-refractivity contribution in [3.63, 3.8) is 0 Å². The van der Waals surface area contributed by atoms with Crippen LogP contribution in [0.3, 0.4) is 0 Å². The van der Waals surface area contributed by atoms with E-state index in [-0.39, 0.29) is 42.7 Å². The molecule has 0 aliphatic carbocycles. The molecule has 2 heterocycles. The summed E-state index contributed by atoms with van der Waals surface area (Å²) in [4.78, 5) is 26.8. The molecule has 7 nitrogen and oxygen atoms in total. The number of ether oxygens (including phenoxy) is 3. The molecule has 0 saturated carbocycles. The molecule has 0 bridgehead atoms. The lowest BCUT2D eigenvalue weighted by molar-refractivity contribution is -0.118. The lowest BCUT2D eigenvalue weighted by Gasteiger charge is -2.37. The van der Waals surface area contributed by atoms with Gasteiger partial charge in [0.2, 0.25) is 0 Å². The lowest BCUT2D eigenvalue weighted by atomic mass is 9.76. The van der Waals surface area contributed by atoms with Gasteiger partial charge in [-0.3, -0.25) is 9.59 Å². The van der Waals surface area contributed by atoms with Gasteiger partial charge in [0.15, 0.2) is 6.61 Å². The molecule has 2 aliphatic heterocycles. The molecule has 2 aliphatic rings. The van der Waals surface area contributed by atoms with Crippen LogP contribution in [0.2, 0.25) is 0 Å². The second-order valence-corrected chi connectivity index (χ2v) is 9.93. The molecule has 9 heteroatoms. The molecule has 1 atom stereocenters. The van der Waals surface area contributed by atoms with Crippen molar-refractivity contribution in [2.75, 3.05) is 51.5 Å². The van der Waals surface area contributed by atoms with Crippen molar-refractivity contribution in [3.05, 3.63) is 89.2 Å². The Morgan fingerprint density at radius 1 is 1.00 bits per heavy atom. The van der Waals surface area contributed by atoms with Gasteiger partial charge in [-0.1, -0.05) is 24.3 Å². The maximum Gasteiger partial charge on any atom is 0.262 e. The minimum Gasteiger partial charge on any atom is -0.491 e. The smallest absolute Gasteiger partial charge is 0.262 e. The molecule has 2 amide bonds. The zero-order valence-corrected chi connectivity index (χ0v) is 22.1. The first-order chi connectivity index (χ1) is 19.5. The fourth-order valence-electron chi connectivity index (χ4n) is 5.41. The largest absolute Gasteiger partial charge is 0.491 e. The van der Waals surface area contributed by atoms with Crippen LogP contribution in [0.4, 0.5) is 14.5 Å². The van der Waals surface area contributed by atoms with Gasteiger partial charge in [-0.15, -0.1) is 0 Å². The van der Waals surface area contributed by atoms with Gasteiger partial charge in [0.05, 0.1) is 18.9 Å². The molecule has 0 spiro atoms. The van der Waals surface area contributed by atoms with E-state index in [1.165, 1.54) is 12.1 Å². The second-order valence-electron chi connectivity index (χ2n) is 9.93. The van der Waals surface area contributed by atoms with Crippen molar-refractivity contribution in [1.29, 1.82) is 0 Å². The van der Waals surface area contributed by atoms with Gasteiger partial charge in [0.25, 0.3) is 11.8 Å². The monoisotopic (exact) mass is 550 g/mol. The third-order valence-corrected chi connectivity index (χ3v) is 7.32. The van der Waals surface area contributed by atoms with E-state index in [0.29, 0.717) is 49.1 Å². The zero-order valence-electron chi connectivity index (χ0n) is 22.1. The number of carbonyl (C=O) groups excluding carboxylic acids is 2. The van der Waals surface area contributed by atoms with Gasteiger partial charge in [0.1, 0.15) is 30.6 Å². The number of nitrogens with one attached hydrogen (secondary N) is 1. The van der Waals surface area contributed by atoms with Gasteiger partial charge < -0.3 is 24.4 Å². The molecule has 210 valence electrons. The number of hydrogen-bond donors (Lipinski definition) is 1. The summed E-state index contributed by atoms with van der Waals surface area (Å²) in [6, 6.07) is 19.5. The summed E-state index contributed by atoms with van der Waals surface area (Å²) >= 11 is 0. The van der Waals surface area contributed by atoms with Crippen LogP contribution in [-0.4, -0.2) is 62.9 Å². The number of hydrogen-bond acceptors (Lipinski definition) is 5. The second kappa shape index (κ2) is 12.9. The van der Waals surface area contributed by atoms with Crippen LogP contribution in [0, 0.1) is 11.7 Å². The highest BCUT2D eigenvalue weighted by Crippen LogP contribution is 2.39. The van der Waals surface area contributed by atoms with Gasteiger partial charge in [-0.25, -0.2) is 8.78 Å². The van der Waals surface area contributed by atoms with Crippen molar-refractivity contribution < 1.29 is 32.6 Å². The van der Waals surface area contributed by atoms with E-state index in [1.807, 2.05) is 41.3 Å². The van der Waals surface area contributed by atoms with E-state index in [1.54, 1.807) is 18.2 Å². The Morgan fingerprint density at radius 2 is 1.80 bits per heavy atom. The zero-order chi connectivity index (χ0) is 27.9. The highest BCUT2D eigenvalue weighted by Gasteiger charge is 2.31. The fraction of sp³-hybridized carbons (Fsp3) is 0.355. The van der Waals surface area contributed by atoms with Crippen molar-refractivity contribution in [1.82, 2.24) is 4.90 Å². The molecule has 0 aromatic heterocycles. The Kier molecular flexibility index (Phi) is 8.91. The summed E-state index contributed by atoms with van der Waals surface area (Å²) in [5.41, 5.74) is 3.05. The summed E-state index contributed by atoms with van der Waals surface area (Å²) in [5, 5.41) is 2.75. The number of nitrogens with zero attached hydrogens (tertiary/aromatic N) is 1. The van der Waals surface area contributed by atoms with E-state index < -0.39 is 6.67 Å². The first-order valence-corrected chi connectivity index (χ1v) is 13.5. The lowest BCUT2D eigenvalue weighted by Crippen LogP contribution is -2.40. The van der Waals surface area contributed by atoms with Crippen LogP contribution in [0.15, 0.2) is 66.7 Å². The minimum absolute atomic E-state index is 0.0136. The van der Waals surface area contributed by atoms with Gasteiger partial charge in [-0.2, -0.15) is 0 Å². The molecule has 40 heavy (non-hydrogen) atoms. The number of likely N-dealkylation sites (tertiary alicyclic amines) is 1. The predicted octanol–water partition coefficient (Wildman–Crippen LogP) is 5.21. The Bertz CT molecular complexity index is 1330. The molecular weight excluding hydrogens is 518 g/mol. The third-order valence-electron chi connectivity index (χ3n) is 7.32. The first kappa shape index (κ1) is 27.6. The number of benzene rings is 3. The molecular formula is C31H32F2N2O5. The molecule has 3 aromatic carbocycles. The number of fused-ring (bicyclic) bond motifs is 1. The average Bonchev–Trinajstić information content (AvgIpc) is 2.98. The normalized spacial score (nSPS) is 16.1. The highest BCUT2D eigenvalue weighted by molar-refractivity contribution is 5.99. The first-order valence-electron chi connectivity index (χ1n) is 13.5. The molecule has 5 rings (SSSR count). The number of piperidine rings is 1. The predicted molar refractivity (Wildman–Crippen MR) is 146 cm³/mol. The number of anilines is 1. The Morgan fingerprint density at radius 3 is 2.58 bits per heavy atom. The molecule has 3 aromatic rings. The third kappa shape index (κ3) is 6.59. The molecule has 0 unspecified atom stereocenters. The Balaban J connectivity index is 1.29. The Hall–Kier alpha value is -3.98. The molecule has 0 radical (unpaired) electrons. The van der Waals surface area contributed by atoms with Crippen LogP contribution in [0.1, 0.15) is 40.2 Å². The van der Waals surface area contributed by atoms with E-state index >= 15 is 0 Å². The number of amides is 2. The van der Waals surface area contributed by atoms with Gasteiger partial charge in [0, 0.05) is 24.6 Å². The minimum atomic E-state index is -0.528. The summed E-state index contributed by atoms with van der Waals surface area (Å²) in [6.07, 6.45) is 1.53. The van der Waals surface area contributed by atoms with E-state index in [4.69, 9.17) is 14.2 Å². The van der Waals surface area contributed by atoms with E-state index in [0.717, 1.165) is 24.0 Å². The Labute approximate surface area is 232 Å². The van der Waals surface area contributed by atoms with Gasteiger partial charge in [-0.05, 0) is 72.4 Å². The van der Waals surface area contributed by atoms with Crippen LogP contribution >= 0.6 is 0 Å². The van der Waals surface area contributed by atoms with E-state index in [9.17, 15) is 18.4 Å². The fourth-order valence-corrected chi connectivity index (χ4v) is 5.41.